The van der Waals surface area contributed by atoms with E-state index in [4.69, 9.17) is 9.47 Å². The standard InChI is InChI=1S/C23H35NO6/c1-16(24-21(28)30-22(2,3)4)18(20(26)27)19(25)23(11-8-12-23)13-14-29-15-17-9-6-5-7-10-17/h5-7,9-10,16,18-19,25H,8,11-15H2,1-4H3,(H,24,28)(H,26,27)/t16-,18?,19?/m1/s1. The average Bonchev–Trinajstić information content (AvgIpc) is 2.59. The molecule has 1 saturated carbocycles. The number of aliphatic hydroxyl groups excluding tert-OH is 1. The molecule has 3 atom stereocenters. The Kier molecular flexibility index (Phi) is 8.26. The lowest BCUT2D eigenvalue weighted by atomic mass is 9.60. The van der Waals surface area contributed by atoms with Crippen LogP contribution in [0.15, 0.2) is 30.3 Å². The van der Waals surface area contributed by atoms with Crippen LogP contribution in [0, 0.1) is 11.3 Å². The lowest BCUT2D eigenvalue weighted by molar-refractivity contribution is -0.157. The molecule has 1 aliphatic carbocycles. The van der Waals surface area contributed by atoms with Crippen LogP contribution in [0.1, 0.15) is 58.9 Å². The van der Waals surface area contributed by atoms with Gasteiger partial charge in [0.15, 0.2) is 0 Å². The van der Waals surface area contributed by atoms with E-state index in [1.54, 1.807) is 27.7 Å². The fraction of sp³-hybridized carbons (Fsp3) is 0.652. The molecule has 1 amide bonds. The summed E-state index contributed by atoms with van der Waals surface area (Å²) in [6.07, 6.45) is 1.22. The second kappa shape index (κ2) is 10.3. The fourth-order valence-electron chi connectivity index (χ4n) is 3.95. The van der Waals surface area contributed by atoms with E-state index in [0.29, 0.717) is 19.6 Å². The van der Waals surface area contributed by atoms with Crippen molar-refractivity contribution >= 4 is 12.1 Å². The average molecular weight is 422 g/mol. The molecule has 1 aromatic carbocycles. The van der Waals surface area contributed by atoms with Gasteiger partial charge in [0.05, 0.1) is 12.7 Å². The predicted octanol–water partition coefficient (Wildman–Crippen LogP) is 3.74. The van der Waals surface area contributed by atoms with Gasteiger partial charge in [-0.15, -0.1) is 0 Å². The molecular weight excluding hydrogens is 386 g/mol. The summed E-state index contributed by atoms with van der Waals surface area (Å²) >= 11 is 0. The van der Waals surface area contributed by atoms with Crippen LogP contribution in [0.3, 0.4) is 0 Å². The van der Waals surface area contributed by atoms with Gasteiger partial charge in [0.25, 0.3) is 0 Å². The van der Waals surface area contributed by atoms with Crippen LogP contribution in [0.25, 0.3) is 0 Å². The molecule has 1 aliphatic rings. The van der Waals surface area contributed by atoms with Gasteiger partial charge in [0.2, 0.25) is 0 Å². The molecule has 0 aliphatic heterocycles. The largest absolute Gasteiger partial charge is 0.481 e. The zero-order valence-electron chi connectivity index (χ0n) is 18.4. The molecule has 2 rings (SSSR count). The van der Waals surface area contributed by atoms with Gasteiger partial charge in [-0.05, 0) is 57.9 Å². The van der Waals surface area contributed by atoms with E-state index in [1.807, 2.05) is 30.3 Å². The maximum atomic E-state index is 12.1. The van der Waals surface area contributed by atoms with Crippen molar-refractivity contribution in [2.24, 2.45) is 11.3 Å². The molecule has 168 valence electrons. The first-order valence-electron chi connectivity index (χ1n) is 10.6. The number of rotatable bonds is 10. The van der Waals surface area contributed by atoms with Crippen molar-refractivity contribution in [3.05, 3.63) is 35.9 Å². The molecule has 0 spiro atoms. The van der Waals surface area contributed by atoms with Crippen molar-refractivity contribution in [1.82, 2.24) is 5.32 Å². The van der Waals surface area contributed by atoms with Crippen LogP contribution >= 0.6 is 0 Å². The number of aliphatic hydroxyl groups is 1. The van der Waals surface area contributed by atoms with Gasteiger partial charge >= 0.3 is 12.1 Å². The Hall–Kier alpha value is -2.12. The molecule has 1 aromatic rings. The van der Waals surface area contributed by atoms with E-state index in [0.717, 1.165) is 24.8 Å². The highest BCUT2D eigenvalue weighted by atomic mass is 16.6. The normalized spacial score (nSPS) is 18.6. The number of carboxylic acids is 1. The van der Waals surface area contributed by atoms with Crippen LogP contribution < -0.4 is 5.32 Å². The molecule has 0 bridgehead atoms. The minimum atomic E-state index is -1.14. The van der Waals surface area contributed by atoms with E-state index in [2.05, 4.69) is 5.32 Å². The van der Waals surface area contributed by atoms with E-state index in [-0.39, 0.29) is 0 Å². The first-order chi connectivity index (χ1) is 14.0. The topological polar surface area (TPSA) is 105 Å². The Balaban J connectivity index is 1.96. The molecule has 0 saturated heterocycles. The first-order valence-corrected chi connectivity index (χ1v) is 10.6. The summed E-state index contributed by atoms with van der Waals surface area (Å²) in [4.78, 5) is 24.0. The molecular formula is C23H35NO6. The number of carbonyl (C=O) groups excluding carboxylic acids is 1. The third-order valence-corrected chi connectivity index (χ3v) is 5.74. The molecule has 30 heavy (non-hydrogen) atoms. The van der Waals surface area contributed by atoms with Crippen molar-refractivity contribution in [3.8, 4) is 0 Å². The minimum absolute atomic E-state index is 0.437. The number of alkyl carbamates (subject to hydrolysis) is 1. The highest BCUT2D eigenvalue weighted by Crippen LogP contribution is 2.49. The van der Waals surface area contributed by atoms with Crippen molar-refractivity contribution < 1.29 is 29.3 Å². The van der Waals surface area contributed by atoms with E-state index in [9.17, 15) is 19.8 Å². The quantitative estimate of drug-likeness (QED) is 0.497. The van der Waals surface area contributed by atoms with Gasteiger partial charge in [-0.2, -0.15) is 0 Å². The van der Waals surface area contributed by atoms with Gasteiger partial charge in [-0.1, -0.05) is 36.8 Å². The van der Waals surface area contributed by atoms with Crippen molar-refractivity contribution in [3.63, 3.8) is 0 Å². The zero-order chi connectivity index (χ0) is 22.4. The Morgan fingerprint density at radius 3 is 2.33 bits per heavy atom. The van der Waals surface area contributed by atoms with Crippen LogP contribution in [0.2, 0.25) is 0 Å². The number of nitrogens with one attached hydrogen (secondary N) is 1. The van der Waals surface area contributed by atoms with Crippen LogP contribution in [0.4, 0.5) is 4.79 Å². The lowest BCUT2D eigenvalue weighted by Crippen LogP contribution is -2.55. The summed E-state index contributed by atoms with van der Waals surface area (Å²) in [7, 11) is 0. The molecule has 7 heteroatoms. The maximum absolute atomic E-state index is 12.1. The summed E-state index contributed by atoms with van der Waals surface area (Å²) in [5.41, 5.74) is -0.130. The maximum Gasteiger partial charge on any atom is 0.407 e. The number of hydrogen-bond donors (Lipinski definition) is 3. The summed E-state index contributed by atoms with van der Waals surface area (Å²) < 4.78 is 11.0. The number of amides is 1. The highest BCUT2D eigenvalue weighted by molar-refractivity contribution is 5.74. The van der Waals surface area contributed by atoms with Gasteiger partial charge in [0.1, 0.15) is 11.5 Å². The van der Waals surface area contributed by atoms with Crippen molar-refractivity contribution in [2.75, 3.05) is 6.61 Å². The molecule has 1 fully saturated rings. The highest BCUT2D eigenvalue weighted by Gasteiger charge is 2.50. The first kappa shape index (κ1) is 24.2. The number of ether oxygens (including phenoxy) is 2. The van der Waals surface area contributed by atoms with Crippen LogP contribution in [0.5, 0.6) is 0 Å². The smallest absolute Gasteiger partial charge is 0.407 e. The van der Waals surface area contributed by atoms with Gasteiger partial charge in [-0.25, -0.2) is 4.79 Å². The Labute approximate surface area is 178 Å². The van der Waals surface area contributed by atoms with Crippen molar-refractivity contribution in [1.29, 1.82) is 0 Å². The molecule has 7 nitrogen and oxygen atoms in total. The number of hydrogen-bond acceptors (Lipinski definition) is 5. The molecule has 0 radical (unpaired) electrons. The van der Waals surface area contributed by atoms with Crippen LogP contribution in [-0.4, -0.2) is 46.6 Å². The predicted molar refractivity (Wildman–Crippen MR) is 113 cm³/mol. The SMILES string of the molecule is C[C@@H](NC(=O)OC(C)(C)C)C(C(=O)O)C(O)C1(CCOCc2ccccc2)CCC1. The molecule has 2 unspecified atom stereocenters. The lowest BCUT2D eigenvalue weighted by Gasteiger charge is -2.48. The van der Waals surface area contributed by atoms with E-state index < -0.39 is 41.1 Å². The van der Waals surface area contributed by atoms with Gasteiger partial charge < -0.3 is 25.0 Å². The fourth-order valence-corrected chi connectivity index (χ4v) is 3.95. The Morgan fingerprint density at radius 1 is 1.20 bits per heavy atom. The summed E-state index contributed by atoms with van der Waals surface area (Å²) in [5.74, 6) is -2.27. The Bertz CT molecular complexity index is 695. The molecule has 0 heterocycles. The number of aliphatic carboxylic acids is 1. The summed E-state index contributed by atoms with van der Waals surface area (Å²) in [6, 6.07) is 9.03. The molecule has 0 aromatic heterocycles. The summed E-state index contributed by atoms with van der Waals surface area (Å²) in [5, 5.41) is 23.4. The van der Waals surface area contributed by atoms with Crippen LogP contribution in [-0.2, 0) is 20.9 Å². The monoisotopic (exact) mass is 421 g/mol. The number of carbonyl (C=O) groups is 2. The number of carboxylic acid groups (broad SMARTS) is 1. The van der Waals surface area contributed by atoms with E-state index in [1.165, 1.54) is 0 Å². The summed E-state index contributed by atoms with van der Waals surface area (Å²) in [6.45, 7) is 7.71. The third-order valence-electron chi connectivity index (χ3n) is 5.74. The Morgan fingerprint density at radius 2 is 1.83 bits per heavy atom. The van der Waals surface area contributed by atoms with Crippen molar-refractivity contribution in [2.45, 2.75) is 77.7 Å². The van der Waals surface area contributed by atoms with E-state index >= 15 is 0 Å². The number of benzene rings is 1. The van der Waals surface area contributed by atoms with Gasteiger partial charge in [0, 0.05) is 12.6 Å². The zero-order valence-corrected chi connectivity index (χ0v) is 18.4. The van der Waals surface area contributed by atoms with Gasteiger partial charge in [-0.3, -0.25) is 4.79 Å². The second-order valence-electron chi connectivity index (χ2n) is 9.25. The second-order valence-corrected chi connectivity index (χ2v) is 9.25. The minimum Gasteiger partial charge on any atom is -0.481 e. The molecule has 3 N–H and O–H groups in total. The third kappa shape index (κ3) is 6.71.